The van der Waals surface area contributed by atoms with Crippen LogP contribution in [-0.4, -0.2) is 22.5 Å². The third kappa shape index (κ3) is 3.38. The zero-order chi connectivity index (χ0) is 13.1. The van der Waals surface area contributed by atoms with E-state index in [9.17, 15) is 18.0 Å². The van der Waals surface area contributed by atoms with Gasteiger partial charge in [-0.15, -0.1) is 0 Å². The van der Waals surface area contributed by atoms with Gasteiger partial charge in [-0.05, 0) is 13.0 Å². The van der Waals surface area contributed by atoms with Crippen LogP contribution in [0.5, 0.6) is 0 Å². The molecule has 94 valence electrons. The third-order valence-electron chi connectivity index (χ3n) is 1.73. The van der Waals surface area contributed by atoms with E-state index in [4.69, 9.17) is 5.73 Å². The minimum absolute atomic E-state index is 0.0438. The Kier molecular flexibility index (Phi) is 4.00. The fraction of sp³-hybridized carbons (Fsp3) is 0.444. The molecule has 0 amide bonds. The maximum atomic E-state index is 12.4. The normalized spacial score (nSPS) is 11.4. The molecular weight excluding hydrogens is 239 g/mol. The summed E-state index contributed by atoms with van der Waals surface area (Å²) in [6.45, 7) is 1.35. The lowest BCUT2D eigenvalue weighted by atomic mass is 10.3. The van der Waals surface area contributed by atoms with Gasteiger partial charge in [0.15, 0.2) is 5.69 Å². The zero-order valence-corrected chi connectivity index (χ0v) is 8.91. The predicted octanol–water partition coefficient (Wildman–Crippen LogP) is 1.13. The second-order valence-electron chi connectivity index (χ2n) is 2.99. The SMILES string of the molecule is CCOC(=O)c1cc(CN)nc(C(F)(F)F)n1. The second-order valence-corrected chi connectivity index (χ2v) is 2.99. The Morgan fingerprint density at radius 2 is 2.12 bits per heavy atom. The highest BCUT2D eigenvalue weighted by Gasteiger charge is 2.36. The van der Waals surface area contributed by atoms with Gasteiger partial charge in [0.2, 0.25) is 5.82 Å². The Bertz CT molecular complexity index is 420. The first-order valence-corrected chi connectivity index (χ1v) is 4.70. The summed E-state index contributed by atoms with van der Waals surface area (Å²) in [4.78, 5) is 17.6. The standard InChI is InChI=1S/C9H10F3N3O2/c1-2-17-7(16)6-3-5(4-13)14-8(15-6)9(10,11)12/h3H,2,4,13H2,1H3. The van der Waals surface area contributed by atoms with Gasteiger partial charge in [-0.2, -0.15) is 13.2 Å². The number of hydrogen-bond donors (Lipinski definition) is 1. The smallest absolute Gasteiger partial charge is 0.451 e. The molecule has 0 saturated carbocycles. The lowest BCUT2D eigenvalue weighted by Crippen LogP contribution is -2.18. The number of carbonyl (C=O) groups is 1. The number of carbonyl (C=O) groups excluding carboxylic acids is 1. The molecule has 1 heterocycles. The van der Waals surface area contributed by atoms with Gasteiger partial charge in [-0.25, -0.2) is 14.8 Å². The molecule has 0 aliphatic heterocycles. The molecule has 1 aromatic heterocycles. The van der Waals surface area contributed by atoms with Gasteiger partial charge in [0.1, 0.15) is 0 Å². The fourth-order valence-electron chi connectivity index (χ4n) is 1.04. The summed E-state index contributed by atoms with van der Waals surface area (Å²) in [5.41, 5.74) is 4.67. The summed E-state index contributed by atoms with van der Waals surface area (Å²) in [6.07, 6.45) is -4.73. The molecule has 17 heavy (non-hydrogen) atoms. The highest BCUT2D eigenvalue weighted by molar-refractivity contribution is 5.87. The van der Waals surface area contributed by atoms with Gasteiger partial charge in [-0.1, -0.05) is 0 Å². The van der Waals surface area contributed by atoms with Crippen LogP contribution in [-0.2, 0) is 17.5 Å². The minimum atomic E-state index is -4.73. The Morgan fingerprint density at radius 3 is 2.59 bits per heavy atom. The van der Waals surface area contributed by atoms with Gasteiger partial charge in [0, 0.05) is 6.54 Å². The predicted molar refractivity (Wildman–Crippen MR) is 50.9 cm³/mol. The second kappa shape index (κ2) is 5.09. The number of esters is 1. The van der Waals surface area contributed by atoms with E-state index >= 15 is 0 Å². The van der Waals surface area contributed by atoms with Gasteiger partial charge in [0.05, 0.1) is 12.3 Å². The first kappa shape index (κ1) is 13.4. The van der Waals surface area contributed by atoms with Crippen molar-refractivity contribution >= 4 is 5.97 Å². The van der Waals surface area contributed by atoms with Crippen LogP contribution < -0.4 is 5.73 Å². The molecule has 1 rings (SSSR count). The van der Waals surface area contributed by atoms with Crippen molar-refractivity contribution in [3.8, 4) is 0 Å². The van der Waals surface area contributed by atoms with Crippen LogP contribution in [0.4, 0.5) is 13.2 Å². The van der Waals surface area contributed by atoms with Crippen LogP contribution in [0.15, 0.2) is 6.07 Å². The molecule has 0 aromatic carbocycles. The molecule has 0 radical (unpaired) electrons. The molecule has 0 bridgehead atoms. The summed E-state index contributed by atoms with van der Waals surface area (Å²) >= 11 is 0. The van der Waals surface area contributed by atoms with E-state index in [1.807, 2.05) is 0 Å². The Labute approximate surface area is 94.8 Å². The van der Waals surface area contributed by atoms with Crippen molar-refractivity contribution < 1.29 is 22.7 Å². The summed E-state index contributed by atoms with van der Waals surface area (Å²) in [5.74, 6) is -2.33. The molecule has 0 atom stereocenters. The van der Waals surface area contributed by atoms with Crippen molar-refractivity contribution in [1.82, 2.24) is 9.97 Å². The maximum Gasteiger partial charge on any atom is 0.451 e. The van der Waals surface area contributed by atoms with Crippen LogP contribution in [0.25, 0.3) is 0 Å². The van der Waals surface area contributed by atoms with Crippen molar-refractivity contribution in [2.75, 3.05) is 6.61 Å². The Hall–Kier alpha value is -1.70. The average Bonchev–Trinajstić information content (AvgIpc) is 2.27. The van der Waals surface area contributed by atoms with E-state index in [1.54, 1.807) is 0 Å². The van der Waals surface area contributed by atoms with Crippen LogP contribution in [0.2, 0.25) is 0 Å². The number of aromatic nitrogens is 2. The topological polar surface area (TPSA) is 78.1 Å². The van der Waals surface area contributed by atoms with E-state index < -0.39 is 23.7 Å². The lowest BCUT2D eigenvalue weighted by molar-refractivity contribution is -0.145. The summed E-state index contributed by atoms with van der Waals surface area (Å²) in [6, 6.07) is 1.08. The van der Waals surface area contributed by atoms with Gasteiger partial charge < -0.3 is 10.5 Å². The van der Waals surface area contributed by atoms with Crippen LogP contribution in [0, 0.1) is 0 Å². The first-order valence-electron chi connectivity index (χ1n) is 4.70. The van der Waals surface area contributed by atoms with Gasteiger partial charge in [-0.3, -0.25) is 0 Å². The summed E-state index contributed by atoms with van der Waals surface area (Å²) < 4.78 is 41.8. The van der Waals surface area contributed by atoms with Crippen LogP contribution in [0.1, 0.15) is 28.9 Å². The molecule has 2 N–H and O–H groups in total. The van der Waals surface area contributed by atoms with E-state index in [0.29, 0.717) is 0 Å². The highest BCUT2D eigenvalue weighted by Crippen LogP contribution is 2.26. The van der Waals surface area contributed by atoms with Crippen LogP contribution in [0.3, 0.4) is 0 Å². The van der Waals surface area contributed by atoms with Crippen molar-refractivity contribution in [3.05, 3.63) is 23.3 Å². The zero-order valence-electron chi connectivity index (χ0n) is 8.91. The Morgan fingerprint density at radius 1 is 1.47 bits per heavy atom. The number of hydrogen-bond acceptors (Lipinski definition) is 5. The number of nitrogens with zero attached hydrogens (tertiary/aromatic N) is 2. The summed E-state index contributed by atoms with van der Waals surface area (Å²) in [5, 5.41) is 0. The number of halogens is 3. The molecule has 0 saturated heterocycles. The molecule has 0 spiro atoms. The van der Waals surface area contributed by atoms with Crippen molar-refractivity contribution in [2.24, 2.45) is 5.73 Å². The maximum absolute atomic E-state index is 12.4. The van der Waals surface area contributed by atoms with Crippen molar-refractivity contribution in [2.45, 2.75) is 19.6 Å². The third-order valence-corrected chi connectivity index (χ3v) is 1.73. The van der Waals surface area contributed by atoms with Crippen molar-refractivity contribution in [3.63, 3.8) is 0 Å². The van der Waals surface area contributed by atoms with E-state index in [2.05, 4.69) is 14.7 Å². The highest BCUT2D eigenvalue weighted by atomic mass is 19.4. The molecule has 5 nitrogen and oxygen atoms in total. The summed E-state index contributed by atoms with van der Waals surface area (Å²) in [7, 11) is 0. The number of rotatable bonds is 3. The molecule has 0 fully saturated rings. The monoisotopic (exact) mass is 249 g/mol. The number of nitrogens with two attached hydrogens (primary N) is 1. The molecule has 0 aliphatic rings. The van der Waals surface area contributed by atoms with E-state index in [-0.39, 0.29) is 18.8 Å². The Balaban J connectivity index is 3.19. The quantitative estimate of drug-likeness (QED) is 0.812. The molecule has 1 aromatic rings. The number of alkyl halides is 3. The minimum Gasteiger partial charge on any atom is -0.461 e. The largest absolute Gasteiger partial charge is 0.461 e. The van der Waals surface area contributed by atoms with Gasteiger partial charge in [0.25, 0.3) is 0 Å². The molecule has 8 heteroatoms. The molecule has 0 unspecified atom stereocenters. The van der Waals surface area contributed by atoms with Crippen LogP contribution >= 0.6 is 0 Å². The van der Waals surface area contributed by atoms with Crippen molar-refractivity contribution in [1.29, 1.82) is 0 Å². The first-order chi connectivity index (χ1) is 7.88. The van der Waals surface area contributed by atoms with E-state index in [1.165, 1.54) is 6.92 Å². The average molecular weight is 249 g/mol. The molecule has 0 aliphatic carbocycles. The molecular formula is C9H10F3N3O2. The lowest BCUT2D eigenvalue weighted by Gasteiger charge is -2.08. The van der Waals surface area contributed by atoms with E-state index in [0.717, 1.165) is 6.07 Å². The fourth-order valence-corrected chi connectivity index (χ4v) is 1.04. The van der Waals surface area contributed by atoms with Gasteiger partial charge >= 0.3 is 12.1 Å². The number of ether oxygens (including phenoxy) is 1.